The Bertz CT molecular complexity index is 605. The molecule has 0 radical (unpaired) electrons. The average molecular weight is 300 g/mol. The van der Waals surface area contributed by atoms with Gasteiger partial charge in [-0.2, -0.15) is 0 Å². The first-order valence-electron chi connectivity index (χ1n) is 8.54. The third-order valence-corrected chi connectivity index (χ3v) is 8.90. The minimum absolute atomic E-state index is 0.0738. The maximum absolute atomic E-state index is 5.09. The quantitative estimate of drug-likeness (QED) is 0.759. The minimum Gasteiger partial charge on any atom is -0.327 e. The van der Waals surface area contributed by atoms with E-state index in [0.29, 0.717) is 0 Å². The molecule has 2 nitrogen and oxygen atoms in total. The number of hydrogen-bond acceptors (Lipinski definition) is 1. The van der Waals surface area contributed by atoms with E-state index in [1.807, 2.05) is 0 Å². The first-order valence-corrected chi connectivity index (χ1v) is 10.0. The van der Waals surface area contributed by atoms with E-state index in [-0.39, 0.29) is 7.92 Å². The second-order valence-corrected chi connectivity index (χ2v) is 9.42. The number of para-hydroxylation sites is 2. The zero-order chi connectivity index (χ0) is 14.2. The molecule has 1 aromatic carbocycles. The average Bonchev–Trinajstić information content (AvgIpc) is 3.24. The van der Waals surface area contributed by atoms with Crippen LogP contribution in [0.1, 0.15) is 51.4 Å². The van der Waals surface area contributed by atoms with Crippen LogP contribution in [0.15, 0.2) is 24.3 Å². The molecule has 4 rings (SSSR count). The van der Waals surface area contributed by atoms with E-state index in [2.05, 4.69) is 35.9 Å². The number of aryl methyl sites for hydroxylation is 1. The number of hydrogen-bond donors (Lipinski definition) is 0. The van der Waals surface area contributed by atoms with E-state index in [1.54, 1.807) is 0 Å². The molecule has 2 saturated carbocycles. The van der Waals surface area contributed by atoms with Gasteiger partial charge in [-0.3, -0.25) is 0 Å². The number of benzene rings is 1. The normalized spacial score (nSPS) is 21.0. The predicted molar refractivity (Wildman–Crippen MR) is 91.8 cm³/mol. The van der Waals surface area contributed by atoms with Crippen molar-refractivity contribution in [2.24, 2.45) is 7.05 Å². The maximum Gasteiger partial charge on any atom is 0.132 e. The lowest BCUT2D eigenvalue weighted by atomic mass is 10.3. The molecule has 0 unspecified atom stereocenters. The standard InChI is InChI=1S/C18H25N2P/c1-20-17-13-7-6-12-16(17)19-18(20)21(14-8-2-3-9-14)15-10-4-5-11-15/h6-7,12-15H,2-5,8-11H2,1H3. The lowest BCUT2D eigenvalue weighted by molar-refractivity contribution is 0.828. The monoisotopic (exact) mass is 300 g/mol. The summed E-state index contributed by atoms with van der Waals surface area (Å²) < 4.78 is 2.41. The number of fused-ring (bicyclic) bond motifs is 1. The first kappa shape index (κ1) is 13.8. The van der Waals surface area contributed by atoms with Gasteiger partial charge in [0.2, 0.25) is 0 Å². The summed E-state index contributed by atoms with van der Waals surface area (Å²) >= 11 is 0. The van der Waals surface area contributed by atoms with Gasteiger partial charge in [-0.1, -0.05) is 37.8 Å². The molecular weight excluding hydrogens is 275 g/mol. The Morgan fingerprint density at radius 3 is 2.10 bits per heavy atom. The molecule has 3 heteroatoms. The van der Waals surface area contributed by atoms with Gasteiger partial charge in [0.15, 0.2) is 0 Å². The summed E-state index contributed by atoms with van der Waals surface area (Å²) in [6.07, 6.45) is 11.6. The zero-order valence-electron chi connectivity index (χ0n) is 13.0. The van der Waals surface area contributed by atoms with Crippen molar-refractivity contribution in [1.29, 1.82) is 0 Å². The molecule has 2 aliphatic carbocycles. The third kappa shape index (κ3) is 2.42. The molecule has 0 atom stereocenters. The van der Waals surface area contributed by atoms with Crippen LogP contribution in [0.25, 0.3) is 11.0 Å². The van der Waals surface area contributed by atoms with Crippen LogP contribution in [0, 0.1) is 0 Å². The SMILES string of the molecule is Cn1c(P(C2CCCC2)C2CCCC2)nc2ccccc21. The second-order valence-electron chi connectivity index (χ2n) is 6.74. The fourth-order valence-corrected chi connectivity index (χ4v) is 8.12. The van der Waals surface area contributed by atoms with Crippen molar-refractivity contribution in [2.45, 2.75) is 62.7 Å². The van der Waals surface area contributed by atoms with Crippen molar-refractivity contribution >= 4 is 24.5 Å². The van der Waals surface area contributed by atoms with Crippen LogP contribution in [0.3, 0.4) is 0 Å². The molecule has 1 heterocycles. The number of nitrogens with zero attached hydrogens (tertiary/aromatic N) is 2. The Morgan fingerprint density at radius 1 is 0.952 bits per heavy atom. The molecule has 0 aliphatic heterocycles. The van der Waals surface area contributed by atoms with Gasteiger partial charge in [0, 0.05) is 7.05 Å². The van der Waals surface area contributed by atoms with E-state index in [0.717, 1.165) is 11.3 Å². The van der Waals surface area contributed by atoms with Crippen LogP contribution >= 0.6 is 7.92 Å². The third-order valence-electron chi connectivity index (χ3n) is 5.43. The molecular formula is C18H25N2P. The van der Waals surface area contributed by atoms with Crippen molar-refractivity contribution < 1.29 is 0 Å². The van der Waals surface area contributed by atoms with Crippen LogP contribution in [0.2, 0.25) is 0 Å². The predicted octanol–water partition coefficient (Wildman–Crippen LogP) is 4.57. The number of imidazole rings is 1. The highest BCUT2D eigenvalue weighted by Gasteiger charge is 2.36. The van der Waals surface area contributed by atoms with Gasteiger partial charge in [-0.25, -0.2) is 4.98 Å². The van der Waals surface area contributed by atoms with Gasteiger partial charge in [-0.05, 0) is 57.1 Å². The van der Waals surface area contributed by atoms with E-state index in [9.17, 15) is 0 Å². The van der Waals surface area contributed by atoms with Gasteiger partial charge in [0.1, 0.15) is 5.57 Å². The zero-order valence-corrected chi connectivity index (χ0v) is 13.9. The Balaban J connectivity index is 1.78. The molecule has 0 spiro atoms. The summed E-state index contributed by atoms with van der Waals surface area (Å²) in [4.78, 5) is 5.09. The van der Waals surface area contributed by atoms with Crippen molar-refractivity contribution in [1.82, 2.24) is 9.55 Å². The highest BCUT2D eigenvalue weighted by molar-refractivity contribution is 7.66. The second kappa shape index (κ2) is 5.72. The fraction of sp³-hybridized carbons (Fsp3) is 0.611. The molecule has 2 aliphatic rings. The van der Waals surface area contributed by atoms with Crippen LogP contribution in [0.4, 0.5) is 0 Å². The molecule has 2 aromatic rings. The Morgan fingerprint density at radius 2 is 1.52 bits per heavy atom. The van der Waals surface area contributed by atoms with Crippen molar-refractivity contribution in [3.8, 4) is 0 Å². The molecule has 0 N–H and O–H groups in total. The lowest BCUT2D eigenvalue weighted by Gasteiger charge is -2.29. The maximum atomic E-state index is 5.09. The summed E-state index contributed by atoms with van der Waals surface area (Å²) in [6, 6.07) is 8.66. The summed E-state index contributed by atoms with van der Waals surface area (Å²) in [5.41, 5.74) is 5.83. The van der Waals surface area contributed by atoms with E-state index in [1.165, 1.54) is 68.0 Å². The molecule has 0 amide bonds. The lowest BCUT2D eigenvalue weighted by Crippen LogP contribution is -2.25. The first-order chi connectivity index (χ1) is 10.3. The van der Waals surface area contributed by atoms with E-state index in [4.69, 9.17) is 4.98 Å². The van der Waals surface area contributed by atoms with Gasteiger partial charge in [0.25, 0.3) is 0 Å². The van der Waals surface area contributed by atoms with Crippen molar-refractivity contribution in [3.63, 3.8) is 0 Å². The molecule has 112 valence electrons. The Labute approximate surface area is 128 Å². The fourth-order valence-electron chi connectivity index (χ4n) is 4.35. The molecule has 0 bridgehead atoms. The topological polar surface area (TPSA) is 17.8 Å². The Kier molecular flexibility index (Phi) is 3.75. The molecule has 0 saturated heterocycles. The summed E-state index contributed by atoms with van der Waals surface area (Å²) in [5, 5.41) is 0. The molecule has 2 fully saturated rings. The number of rotatable bonds is 3. The van der Waals surface area contributed by atoms with Crippen LogP contribution < -0.4 is 5.57 Å². The van der Waals surface area contributed by atoms with Crippen LogP contribution in [-0.4, -0.2) is 20.9 Å². The van der Waals surface area contributed by atoms with Crippen molar-refractivity contribution in [3.05, 3.63) is 24.3 Å². The molecule has 21 heavy (non-hydrogen) atoms. The van der Waals surface area contributed by atoms with Gasteiger partial charge >= 0.3 is 0 Å². The van der Waals surface area contributed by atoms with Gasteiger partial charge < -0.3 is 4.57 Å². The highest BCUT2D eigenvalue weighted by atomic mass is 31.1. The van der Waals surface area contributed by atoms with Crippen molar-refractivity contribution in [2.75, 3.05) is 0 Å². The summed E-state index contributed by atoms with van der Waals surface area (Å²) in [6.45, 7) is 0. The largest absolute Gasteiger partial charge is 0.327 e. The highest BCUT2D eigenvalue weighted by Crippen LogP contribution is 2.56. The van der Waals surface area contributed by atoms with Crippen LogP contribution in [0.5, 0.6) is 0 Å². The summed E-state index contributed by atoms with van der Waals surface area (Å²) in [5.74, 6) is 0. The minimum atomic E-state index is -0.0738. The smallest absolute Gasteiger partial charge is 0.132 e. The Hall–Kier alpha value is -0.880. The number of aromatic nitrogens is 2. The van der Waals surface area contributed by atoms with E-state index >= 15 is 0 Å². The van der Waals surface area contributed by atoms with Crippen LogP contribution in [-0.2, 0) is 7.05 Å². The molecule has 1 aromatic heterocycles. The van der Waals surface area contributed by atoms with Gasteiger partial charge in [-0.15, -0.1) is 0 Å². The van der Waals surface area contributed by atoms with Gasteiger partial charge in [0.05, 0.1) is 11.0 Å². The summed E-state index contributed by atoms with van der Waals surface area (Å²) in [7, 11) is 2.17. The van der Waals surface area contributed by atoms with E-state index < -0.39 is 0 Å².